The summed E-state index contributed by atoms with van der Waals surface area (Å²) >= 11 is 3.40. The minimum Gasteiger partial charge on any atom is -0.477 e. The van der Waals surface area contributed by atoms with Crippen molar-refractivity contribution in [3.8, 4) is 0 Å². The number of aromatic carboxylic acids is 1. The first kappa shape index (κ1) is 9.65. The molecule has 1 aliphatic rings. The summed E-state index contributed by atoms with van der Waals surface area (Å²) in [7, 11) is 0. The molecule has 0 spiro atoms. The van der Waals surface area contributed by atoms with Crippen LogP contribution < -0.4 is 0 Å². The van der Waals surface area contributed by atoms with Crippen molar-refractivity contribution in [2.24, 2.45) is 0 Å². The predicted molar refractivity (Wildman–Crippen MR) is 55.5 cm³/mol. The van der Waals surface area contributed by atoms with E-state index in [0.717, 1.165) is 29.4 Å². The molecule has 3 nitrogen and oxygen atoms in total. The van der Waals surface area contributed by atoms with Crippen LogP contribution in [-0.2, 0) is 12.8 Å². The number of aromatic nitrogens is 1. The van der Waals surface area contributed by atoms with E-state index in [2.05, 4.69) is 20.9 Å². The maximum atomic E-state index is 10.8. The van der Waals surface area contributed by atoms with Crippen molar-refractivity contribution in [1.29, 1.82) is 0 Å². The fourth-order valence-corrected chi connectivity index (χ4v) is 2.41. The van der Waals surface area contributed by atoms with E-state index in [4.69, 9.17) is 5.11 Å². The van der Waals surface area contributed by atoms with Crippen LogP contribution in [0.5, 0.6) is 0 Å². The van der Waals surface area contributed by atoms with Crippen molar-refractivity contribution in [2.75, 3.05) is 0 Å². The zero-order valence-electron chi connectivity index (χ0n) is 7.59. The molecule has 1 N–H and O–H groups in total. The lowest BCUT2D eigenvalue weighted by atomic mass is 9.96. The number of nitrogens with zero attached hydrogens (tertiary/aromatic N) is 1. The summed E-state index contributed by atoms with van der Waals surface area (Å²) in [4.78, 5) is 14.9. The Morgan fingerprint density at radius 1 is 1.43 bits per heavy atom. The number of halogens is 1. The number of hydrogen-bond donors (Lipinski definition) is 1. The first-order valence-corrected chi connectivity index (χ1v) is 5.39. The predicted octanol–water partition coefficient (Wildman–Crippen LogP) is 2.42. The third-order valence-corrected chi connectivity index (χ3v) is 3.17. The van der Waals surface area contributed by atoms with Gasteiger partial charge in [-0.1, -0.05) is 15.9 Å². The second-order valence-corrected chi connectivity index (χ2v) is 4.28. The Morgan fingerprint density at radius 3 is 2.86 bits per heavy atom. The average Bonchev–Trinajstić information content (AvgIpc) is 2.17. The van der Waals surface area contributed by atoms with Gasteiger partial charge < -0.3 is 5.11 Å². The topological polar surface area (TPSA) is 50.2 Å². The van der Waals surface area contributed by atoms with Crippen molar-refractivity contribution < 1.29 is 9.90 Å². The first-order valence-electron chi connectivity index (χ1n) is 4.60. The van der Waals surface area contributed by atoms with Crippen LogP contribution in [0, 0.1) is 0 Å². The summed E-state index contributed by atoms with van der Waals surface area (Å²) in [5.74, 6) is -0.959. The molecule has 0 saturated heterocycles. The SMILES string of the molecule is O=C(O)c1cc(Br)c2c(n1)CCCC2. The molecule has 0 saturated carbocycles. The number of carboxylic acid groups (broad SMARTS) is 1. The molecule has 1 heterocycles. The van der Waals surface area contributed by atoms with Crippen molar-refractivity contribution >= 4 is 21.9 Å². The maximum Gasteiger partial charge on any atom is 0.354 e. The molecule has 0 aromatic carbocycles. The lowest BCUT2D eigenvalue weighted by Crippen LogP contribution is -2.10. The van der Waals surface area contributed by atoms with Crippen molar-refractivity contribution in [2.45, 2.75) is 25.7 Å². The lowest BCUT2D eigenvalue weighted by molar-refractivity contribution is 0.0690. The van der Waals surface area contributed by atoms with E-state index in [9.17, 15) is 4.79 Å². The van der Waals surface area contributed by atoms with Gasteiger partial charge >= 0.3 is 5.97 Å². The number of pyridine rings is 1. The molecule has 1 aliphatic carbocycles. The van der Waals surface area contributed by atoms with Gasteiger partial charge in [0.1, 0.15) is 5.69 Å². The molecule has 0 radical (unpaired) electrons. The monoisotopic (exact) mass is 255 g/mol. The second kappa shape index (κ2) is 3.69. The maximum absolute atomic E-state index is 10.8. The quantitative estimate of drug-likeness (QED) is 0.839. The molecular weight excluding hydrogens is 246 g/mol. The third kappa shape index (κ3) is 1.66. The lowest BCUT2D eigenvalue weighted by Gasteiger charge is -2.16. The van der Waals surface area contributed by atoms with E-state index in [-0.39, 0.29) is 5.69 Å². The van der Waals surface area contributed by atoms with E-state index < -0.39 is 5.97 Å². The van der Waals surface area contributed by atoms with Crippen LogP contribution >= 0.6 is 15.9 Å². The zero-order chi connectivity index (χ0) is 10.1. The minimum absolute atomic E-state index is 0.137. The minimum atomic E-state index is -0.959. The molecule has 0 unspecified atom stereocenters. The molecule has 74 valence electrons. The Morgan fingerprint density at radius 2 is 2.14 bits per heavy atom. The smallest absolute Gasteiger partial charge is 0.354 e. The molecule has 4 heteroatoms. The van der Waals surface area contributed by atoms with E-state index >= 15 is 0 Å². The van der Waals surface area contributed by atoms with Crippen molar-refractivity contribution in [3.63, 3.8) is 0 Å². The van der Waals surface area contributed by atoms with Gasteiger partial charge in [-0.3, -0.25) is 0 Å². The second-order valence-electron chi connectivity index (χ2n) is 3.43. The van der Waals surface area contributed by atoms with E-state index in [0.29, 0.717) is 0 Å². The van der Waals surface area contributed by atoms with Crippen molar-refractivity contribution in [3.05, 3.63) is 27.5 Å². The summed E-state index contributed by atoms with van der Waals surface area (Å²) in [6.45, 7) is 0. The summed E-state index contributed by atoms with van der Waals surface area (Å²) in [5, 5.41) is 8.83. The highest BCUT2D eigenvalue weighted by atomic mass is 79.9. The molecule has 0 fully saturated rings. The molecule has 14 heavy (non-hydrogen) atoms. The number of rotatable bonds is 1. The van der Waals surface area contributed by atoms with Crippen molar-refractivity contribution in [1.82, 2.24) is 4.98 Å². The number of aryl methyl sites for hydroxylation is 1. The molecule has 1 aromatic rings. The van der Waals surface area contributed by atoms with E-state index in [1.807, 2.05) is 0 Å². The fourth-order valence-electron chi connectivity index (χ4n) is 1.76. The van der Waals surface area contributed by atoms with Crippen LogP contribution in [0.4, 0.5) is 0 Å². The van der Waals surface area contributed by atoms with Crippen LogP contribution in [0.2, 0.25) is 0 Å². The Balaban J connectivity index is 2.51. The fraction of sp³-hybridized carbons (Fsp3) is 0.400. The summed E-state index contributed by atoms with van der Waals surface area (Å²) < 4.78 is 0.889. The van der Waals surface area contributed by atoms with Crippen LogP contribution in [-0.4, -0.2) is 16.1 Å². The summed E-state index contributed by atoms with van der Waals surface area (Å²) in [5.41, 5.74) is 2.27. The highest BCUT2D eigenvalue weighted by molar-refractivity contribution is 9.10. The molecule has 0 amide bonds. The van der Waals surface area contributed by atoms with Gasteiger partial charge in [-0.25, -0.2) is 9.78 Å². The first-order chi connectivity index (χ1) is 6.68. The Bertz CT molecular complexity index is 390. The van der Waals surface area contributed by atoms with E-state index in [1.165, 1.54) is 12.0 Å². The number of fused-ring (bicyclic) bond motifs is 1. The largest absolute Gasteiger partial charge is 0.477 e. The van der Waals surface area contributed by atoms with Gasteiger partial charge in [0, 0.05) is 10.2 Å². The molecular formula is C10H10BrNO2. The van der Waals surface area contributed by atoms with Gasteiger partial charge in [-0.15, -0.1) is 0 Å². The van der Waals surface area contributed by atoms with Gasteiger partial charge in [-0.2, -0.15) is 0 Å². The Kier molecular flexibility index (Phi) is 2.54. The van der Waals surface area contributed by atoms with Crippen LogP contribution in [0.15, 0.2) is 10.5 Å². The molecule has 0 aliphatic heterocycles. The van der Waals surface area contributed by atoms with Gasteiger partial charge in [-0.05, 0) is 37.3 Å². The number of carbonyl (C=O) groups is 1. The average molecular weight is 256 g/mol. The number of carboxylic acids is 1. The Labute approximate surface area is 90.3 Å². The normalized spacial score (nSPS) is 14.9. The highest BCUT2D eigenvalue weighted by Gasteiger charge is 2.17. The van der Waals surface area contributed by atoms with Gasteiger partial charge in [0.25, 0.3) is 0 Å². The summed E-state index contributed by atoms with van der Waals surface area (Å²) in [6, 6.07) is 1.59. The van der Waals surface area contributed by atoms with Crippen LogP contribution in [0.1, 0.15) is 34.6 Å². The van der Waals surface area contributed by atoms with Gasteiger partial charge in [0.2, 0.25) is 0 Å². The van der Waals surface area contributed by atoms with Crippen LogP contribution in [0.3, 0.4) is 0 Å². The number of hydrogen-bond acceptors (Lipinski definition) is 2. The molecule has 0 atom stereocenters. The Hall–Kier alpha value is -0.900. The van der Waals surface area contributed by atoms with Crippen LogP contribution in [0.25, 0.3) is 0 Å². The summed E-state index contributed by atoms with van der Waals surface area (Å²) in [6.07, 6.45) is 4.17. The standard InChI is InChI=1S/C10H10BrNO2/c11-7-5-9(10(13)14)12-8-4-2-1-3-6(7)8/h5H,1-4H2,(H,13,14). The molecule has 1 aromatic heterocycles. The third-order valence-electron chi connectivity index (χ3n) is 2.46. The van der Waals surface area contributed by atoms with Gasteiger partial charge in [0.05, 0.1) is 0 Å². The molecule has 0 bridgehead atoms. The highest BCUT2D eigenvalue weighted by Crippen LogP contribution is 2.27. The van der Waals surface area contributed by atoms with Gasteiger partial charge in [0.15, 0.2) is 0 Å². The van der Waals surface area contributed by atoms with E-state index in [1.54, 1.807) is 6.07 Å². The zero-order valence-corrected chi connectivity index (χ0v) is 9.17. The molecule has 2 rings (SSSR count).